The van der Waals surface area contributed by atoms with Crippen LogP contribution >= 0.6 is 11.8 Å². The molecule has 2 aromatic carbocycles. The second-order valence-corrected chi connectivity index (χ2v) is 5.53. The number of benzene rings is 2. The van der Waals surface area contributed by atoms with Crippen molar-refractivity contribution in [2.24, 2.45) is 0 Å². The lowest BCUT2D eigenvalue weighted by Crippen LogP contribution is -2.00. The third-order valence-corrected chi connectivity index (χ3v) is 3.81. The first kappa shape index (κ1) is 13.7. The number of rotatable bonds is 6. The average Bonchev–Trinajstić information content (AvgIpc) is 2.95. The second-order valence-electron chi connectivity index (χ2n) is 4.44. The number of para-hydroxylation sites is 2. The van der Waals surface area contributed by atoms with E-state index in [2.05, 4.69) is 9.97 Å². The van der Waals surface area contributed by atoms with Gasteiger partial charge in [-0.2, -0.15) is 0 Å². The molecule has 1 aromatic heterocycles. The lowest BCUT2D eigenvalue weighted by Gasteiger charge is -2.04. The minimum absolute atomic E-state index is 0.585. The van der Waals surface area contributed by atoms with Crippen molar-refractivity contribution in [3.63, 3.8) is 0 Å². The predicted molar refractivity (Wildman–Crippen MR) is 84.1 cm³/mol. The van der Waals surface area contributed by atoms with E-state index < -0.39 is 0 Å². The summed E-state index contributed by atoms with van der Waals surface area (Å²) < 4.78 is 5.62. The van der Waals surface area contributed by atoms with E-state index in [0.29, 0.717) is 12.2 Å². The van der Waals surface area contributed by atoms with Crippen LogP contribution in [0.15, 0.2) is 53.7 Å². The molecule has 21 heavy (non-hydrogen) atoms. The quantitative estimate of drug-likeness (QED) is 0.429. The highest BCUT2D eigenvalue weighted by atomic mass is 32.2. The molecule has 3 rings (SSSR count). The van der Waals surface area contributed by atoms with E-state index in [1.54, 1.807) is 36.0 Å². The molecule has 0 unspecified atom stereocenters. The van der Waals surface area contributed by atoms with Gasteiger partial charge in [0, 0.05) is 11.3 Å². The molecule has 0 radical (unpaired) electrons. The fourth-order valence-electron chi connectivity index (χ4n) is 1.94. The van der Waals surface area contributed by atoms with Gasteiger partial charge >= 0.3 is 0 Å². The molecule has 0 atom stereocenters. The Morgan fingerprint density at radius 2 is 1.95 bits per heavy atom. The maximum atomic E-state index is 10.6. The lowest BCUT2D eigenvalue weighted by molar-refractivity contribution is 0.112. The Kier molecular flexibility index (Phi) is 4.21. The van der Waals surface area contributed by atoms with Crippen LogP contribution in [-0.4, -0.2) is 28.6 Å². The Balaban J connectivity index is 1.50. The Bertz CT molecular complexity index is 704. The van der Waals surface area contributed by atoms with Gasteiger partial charge in [-0.25, -0.2) is 4.98 Å². The molecular weight excluding hydrogens is 284 g/mol. The molecule has 0 spiro atoms. The molecule has 0 amide bonds. The summed E-state index contributed by atoms with van der Waals surface area (Å²) in [6.45, 7) is 0.585. The van der Waals surface area contributed by atoms with E-state index in [1.807, 2.05) is 24.3 Å². The molecule has 0 saturated heterocycles. The summed E-state index contributed by atoms with van der Waals surface area (Å²) in [6.07, 6.45) is 0.821. The number of H-pyrrole nitrogens is 1. The maximum absolute atomic E-state index is 10.6. The van der Waals surface area contributed by atoms with Gasteiger partial charge in [0.05, 0.1) is 17.6 Å². The Labute approximate surface area is 126 Å². The zero-order valence-electron chi connectivity index (χ0n) is 11.3. The largest absolute Gasteiger partial charge is 0.493 e. The molecule has 0 aliphatic rings. The smallest absolute Gasteiger partial charge is 0.166 e. The minimum Gasteiger partial charge on any atom is -0.493 e. The summed E-state index contributed by atoms with van der Waals surface area (Å²) in [5.41, 5.74) is 2.68. The first-order valence-corrected chi connectivity index (χ1v) is 7.59. The standard InChI is InChI=1S/C16H14N2O2S/c19-11-12-5-7-13(8-6-12)20-9-10-21-16-17-14-3-1-2-4-15(14)18-16/h1-8,11H,9-10H2,(H,17,18). The van der Waals surface area contributed by atoms with Crippen LogP contribution in [0.5, 0.6) is 5.75 Å². The Morgan fingerprint density at radius 3 is 2.71 bits per heavy atom. The summed E-state index contributed by atoms with van der Waals surface area (Å²) in [5.74, 6) is 1.57. The number of hydrogen-bond acceptors (Lipinski definition) is 4. The summed E-state index contributed by atoms with van der Waals surface area (Å²) in [4.78, 5) is 18.3. The monoisotopic (exact) mass is 298 g/mol. The highest BCUT2D eigenvalue weighted by Gasteiger charge is 2.02. The molecule has 0 aliphatic heterocycles. The van der Waals surface area contributed by atoms with Crippen molar-refractivity contribution in [1.82, 2.24) is 9.97 Å². The van der Waals surface area contributed by atoms with Crippen LogP contribution in [0.2, 0.25) is 0 Å². The van der Waals surface area contributed by atoms with Gasteiger partial charge in [-0.3, -0.25) is 4.79 Å². The first-order chi connectivity index (χ1) is 10.3. The SMILES string of the molecule is O=Cc1ccc(OCCSc2nc3ccccc3[nH]2)cc1. The number of thioether (sulfide) groups is 1. The predicted octanol–water partition coefficient (Wildman–Crippen LogP) is 3.55. The van der Waals surface area contributed by atoms with E-state index in [9.17, 15) is 4.79 Å². The number of aromatic nitrogens is 2. The number of ether oxygens (including phenoxy) is 1. The van der Waals surface area contributed by atoms with Crippen molar-refractivity contribution in [2.45, 2.75) is 5.16 Å². The van der Waals surface area contributed by atoms with Gasteiger partial charge in [0.1, 0.15) is 12.0 Å². The van der Waals surface area contributed by atoms with Crippen LogP contribution in [0.3, 0.4) is 0 Å². The normalized spacial score (nSPS) is 10.7. The van der Waals surface area contributed by atoms with E-state index in [0.717, 1.165) is 34.0 Å². The third-order valence-electron chi connectivity index (χ3n) is 2.97. The molecule has 1 N–H and O–H groups in total. The van der Waals surface area contributed by atoms with E-state index in [4.69, 9.17) is 4.74 Å². The van der Waals surface area contributed by atoms with Crippen molar-refractivity contribution in [1.29, 1.82) is 0 Å². The van der Waals surface area contributed by atoms with Gasteiger partial charge in [-0.1, -0.05) is 23.9 Å². The fourth-order valence-corrected chi connectivity index (χ4v) is 2.64. The zero-order chi connectivity index (χ0) is 14.5. The van der Waals surface area contributed by atoms with E-state index in [-0.39, 0.29) is 0 Å². The number of nitrogens with one attached hydrogen (secondary N) is 1. The van der Waals surface area contributed by atoms with Crippen LogP contribution < -0.4 is 4.74 Å². The van der Waals surface area contributed by atoms with Crippen LogP contribution in [-0.2, 0) is 0 Å². The number of carbonyl (C=O) groups is 1. The molecular formula is C16H14N2O2S. The van der Waals surface area contributed by atoms with Crippen molar-refractivity contribution in [2.75, 3.05) is 12.4 Å². The van der Waals surface area contributed by atoms with Gasteiger partial charge < -0.3 is 9.72 Å². The van der Waals surface area contributed by atoms with Crippen LogP contribution in [0, 0.1) is 0 Å². The Hall–Kier alpha value is -2.27. The zero-order valence-corrected chi connectivity index (χ0v) is 12.1. The maximum Gasteiger partial charge on any atom is 0.166 e. The van der Waals surface area contributed by atoms with Gasteiger partial charge in [0.25, 0.3) is 0 Å². The van der Waals surface area contributed by atoms with Crippen molar-refractivity contribution >= 4 is 29.1 Å². The lowest BCUT2D eigenvalue weighted by atomic mass is 10.2. The van der Waals surface area contributed by atoms with Crippen LogP contribution in [0.1, 0.15) is 10.4 Å². The summed E-state index contributed by atoms with van der Waals surface area (Å²) in [5, 5.41) is 0.899. The van der Waals surface area contributed by atoms with Crippen LogP contribution in [0.4, 0.5) is 0 Å². The van der Waals surface area contributed by atoms with E-state index >= 15 is 0 Å². The number of aromatic amines is 1. The van der Waals surface area contributed by atoms with Gasteiger partial charge in [0.2, 0.25) is 0 Å². The second kappa shape index (κ2) is 6.45. The average molecular weight is 298 g/mol. The molecule has 0 bridgehead atoms. The van der Waals surface area contributed by atoms with E-state index in [1.165, 1.54) is 0 Å². The highest BCUT2D eigenvalue weighted by Crippen LogP contribution is 2.19. The highest BCUT2D eigenvalue weighted by molar-refractivity contribution is 7.99. The molecule has 4 nitrogen and oxygen atoms in total. The molecule has 0 saturated carbocycles. The number of imidazole rings is 1. The van der Waals surface area contributed by atoms with Crippen molar-refractivity contribution in [3.8, 4) is 5.75 Å². The Morgan fingerprint density at radius 1 is 1.14 bits per heavy atom. The number of hydrogen-bond donors (Lipinski definition) is 1. The summed E-state index contributed by atoms with van der Waals surface area (Å²) in [7, 11) is 0. The minimum atomic E-state index is 0.585. The number of nitrogens with zero attached hydrogens (tertiary/aromatic N) is 1. The van der Waals surface area contributed by atoms with Crippen molar-refractivity contribution < 1.29 is 9.53 Å². The van der Waals surface area contributed by atoms with Gasteiger partial charge in [-0.05, 0) is 36.4 Å². The summed E-state index contributed by atoms with van der Waals surface area (Å²) in [6, 6.07) is 15.1. The molecule has 5 heteroatoms. The van der Waals surface area contributed by atoms with Gasteiger partial charge in [0.15, 0.2) is 5.16 Å². The fraction of sp³-hybridized carbons (Fsp3) is 0.125. The summed E-state index contributed by atoms with van der Waals surface area (Å²) >= 11 is 1.63. The third kappa shape index (κ3) is 3.44. The molecule has 0 aliphatic carbocycles. The molecule has 1 heterocycles. The number of fused-ring (bicyclic) bond motifs is 1. The molecule has 3 aromatic rings. The first-order valence-electron chi connectivity index (χ1n) is 6.61. The topological polar surface area (TPSA) is 55.0 Å². The van der Waals surface area contributed by atoms with Gasteiger partial charge in [-0.15, -0.1) is 0 Å². The molecule has 0 fully saturated rings. The number of aldehydes is 1. The van der Waals surface area contributed by atoms with Crippen LogP contribution in [0.25, 0.3) is 11.0 Å². The molecule has 106 valence electrons. The number of carbonyl (C=O) groups excluding carboxylic acids is 1. The van der Waals surface area contributed by atoms with Crippen molar-refractivity contribution in [3.05, 3.63) is 54.1 Å².